The Labute approximate surface area is 381 Å². The van der Waals surface area contributed by atoms with Gasteiger partial charge in [-0.15, -0.1) is 11.3 Å². The van der Waals surface area contributed by atoms with E-state index in [0.717, 1.165) is 44.5 Å². The second kappa shape index (κ2) is 16.4. The monoisotopic (exact) mass is 845 g/mol. The third-order valence-electron chi connectivity index (χ3n) is 12.4. The van der Waals surface area contributed by atoms with Gasteiger partial charge >= 0.3 is 0 Å². The van der Waals surface area contributed by atoms with Crippen molar-refractivity contribution in [3.63, 3.8) is 0 Å². The van der Waals surface area contributed by atoms with Crippen molar-refractivity contribution in [1.82, 2.24) is 15.0 Å². The summed E-state index contributed by atoms with van der Waals surface area (Å²) < 4.78 is 2.65. The molecular weight excluding hydrogens is 807 g/mol. The lowest BCUT2D eigenvalue weighted by molar-refractivity contribution is 1.07. The number of thiophene rings is 1. The SMILES string of the molecule is c1ccc(-c2cccc(-c3nc(-c4ccc(-c5ccc(-c6ccc(-c7ccc8sc9ccccc9c8c7)cc6)c6ccccc56)cc4)nc(-c4ccccc4-c4ccccc4)n3)c2)cc1. The summed E-state index contributed by atoms with van der Waals surface area (Å²) in [5.41, 5.74) is 14.4. The Morgan fingerprint density at radius 2 is 0.646 bits per heavy atom. The Morgan fingerprint density at radius 3 is 1.34 bits per heavy atom. The molecule has 0 aliphatic rings. The minimum absolute atomic E-state index is 0.622. The van der Waals surface area contributed by atoms with Crippen molar-refractivity contribution in [2.24, 2.45) is 0 Å². The molecule has 3 nitrogen and oxygen atoms in total. The lowest BCUT2D eigenvalue weighted by Gasteiger charge is -2.14. The van der Waals surface area contributed by atoms with Crippen LogP contribution in [0.25, 0.3) is 121 Å². The minimum atomic E-state index is 0.622. The number of hydrogen-bond donors (Lipinski definition) is 0. The Bertz CT molecular complexity index is 3690. The summed E-state index contributed by atoms with van der Waals surface area (Å²) in [5.74, 6) is 1.88. The Kier molecular flexibility index (Phi) is 9.70. The van der Waals surface area contributed by atoms with Crippen LogP contribution in [0, 0.1) is 0 Å². The molecule has 0 N–H and O–H groups in total. The molecule has 0 bridgehead atoms. The summed E-state index contributed by atoms with van der Waals surface area (Å²) in [4.78, 5) is 15.5. The van der Waals surface area contributed by atoms with Gasteiger partial charge in [-0.1, -0.05) is 212 Å². The molecule has 65 heavy (non-hydrogen) atoms. The van der Waals surface area contributed by atoms with Gasteiger partial charge in [-0.05, 0) is 90.7 Å². The molecular formula is C61H39N3S. The molecule has 0 spiro atoms. The summed E-state index contributed by atoms with van der Waals surface area (Å²) in [6, 6.07) is 84.1. The molecule has 0 saturated carbocycles. The van der Waals surface area contributed by atoms with Crippen molar-refractivity contribution in [2.75, 3.05) is 0 Å². The summed E-state index contributed by atoms with van der Waals surface area (Å²) in [7, 11) is 0. The zero-order chi connectivity index (χ0) is 43.1. The van der Waals surface area contributed by atoms with Crippen molar-refractivity contribution < 1.29 is 0 Å². The molecule has 0 saturated heterocycles. The first kappa shape index (κ1) is 38.4. The molecule has 0 radical (unpaired) electrons. The first-order valence-corrected chi connectivity index (χ1v) is 22.7. The van der Waals surface area contributed by atoms with Gasteiger partial charge in [0.05, 0.1) is 0 Å². The van der Waals surface area contributed by atoms with Gasteiger partial charge in [-0.2, -0.15) is 0 Å². The maximum Gasteiger partial charge on any atom is 0.164 e. The third-order valence-corrected chi connectivity index (χ3v) is 13.6. The molecule has 0 unspecified atom stereocenters. The molecule has 10 aromatic carbocycles. The molecule has 2 heterocycles. The van der Waals surface area contributed by atoms with Crippen LogP contribution in [0.4, 0.5) is 0 Å². The van der Waals surface area contributed by atoms with Gasteiger partial charge in [-0.25, -0.2) is 15.0 Å². The van der Waals surface area contributed by atoms with E-state index in [0.29, 0.717) is 17.5 Å². The molecule has 12 aromatic rings. The van der Waals surface area contributed by atoms with Crippen molar-refractivity contribution in [3.8, 4) is 89.8 Å². The topological polar surface area (TPSA) is 38.7 Å². The van der Waals surface area contributed by atoms with Crippen LogP contribution in [-0.2, 0) is 0 Å². The molecule has 0 fully saturated rings. The third kappa shape index (κ3) is 7.26. The first-order chi connectivity index (χ1) is 32.2. The molecule has 0 amide bonds. The number of nitrogens with zero attached hydrogens (tertiary/aromatic N) is 3. The maximum atomic E-state index is 5.19. The van der Waals surface area contributed by atoms with Gasteiger partial charge in [-0.3, -0.25) is 0 Å². The number of aromatic nitrogens is 3. The second-order valence-corrected chi connectivity index (χ2v) is 17.4. The zero-order valence-electron chi connectivity index (χ0n) is 35.3. The molecule has 2 aromatic heterocycles. The fraction of sp³-hybridized carbons (Fsp3) is 0. The van der Waals surface area contributed by atoms with Crippen molar-refractivity contribution in [1.29, 1.82) is 0 Å². The van der Waals surface area contributed by atoms with Crippen LogP contribution >= 0.6 is 11.3 Å². The van der Waals surface area contributed by atoms with E-state index in [-0.39, 0.29) is 0 Å². The van der Waals surface area contributed by atoms with E-state index in [1.807, 2.05) is 29.5 Å². The minimum Gasteiger partial charge on any atom is -0.208 e. The first-order valence-electron chi connectivity index (χ1n) is 21.9. The van der Waals surface area contributed by atoms with Crippen LogP contribution in [-0.4, -0.2) is 15.0 Å². The molecule has 12 rings (SSSR count). The smallest absolute Gasteiger partial charge is 0.164 e. The number of benzene rings is 10. The summed E-state index contributed by atoms with van der Waals surface area (Å²) in [5, 5.41) is 5.06. The normalized spacial score (nSPS) is 11.4. The van der Waals surface area contributed by atoms with E-state index in [1.54, 1.807) is 0 Å². The lowest BCUT2D eigenvalue weighted by atomic mass is 9.91. The summed E-state index contributed by atoms with van der Waals surface area (Å²) in [6.07, 6.45) is 0. The van der Waals surface area contributed by atoms with Crippen LogP contribution in [0.5, 0.6) is 0 Å². The average Bonchev–Trinajstić information content (AvgIpc) is 3.77. The largest absolute Gasteiger partial charge is 0.208 e. The molecule has 0 atom stereocenters. The number of rotatable bonds is 8. The highest BCUT2D eigenvalue weighted by atomic mass is 32.1. The Balaban J connectivity index is 0.901. The number of fused-ring (bicyclic) bond motifs is 4. The van der Waals surface area contributed by atoms with Crippen molar-refractivity contribution >= 4 is 42.3 Å². The lowest BCUT2D eigenvalue weighted by Crippen LogP contribution is -2.01. The van der Waals surface area contributed by atoms with Crippen LogP contribution in [0.1, 0.15) is 0 Å². The second-order valence-electron chi connectivity index (χ2n) is 16.3. The van der Waals surface area contributed by atoms with Crippen LogP contribution in [0.15, 0.2) is 237 Å². The van der Waals surface area contributed by atoms with E-state index < -0.39 is 0 Å². The standard InChI is InChI=1S/C61H39N3S/c1-3-14-40(15-4-1)46-18-13-19-48(38-46)60-62-59(63-61(64-60)55-24-10-7-20-49(55)42-16-5-2-6-17-42)45-32-30-44(31-33-45)51-36-35-50(52-21-8-9-22-53(51)52)43-28-26-41(27-29-43)47-34-37-58-56(39-47)54-23-11-12-25-57(54)65-58/h1-39H. The van der Waals surface area contributed by atoms with Crippen LogP contribution in [0.2, 0.25) is 0 Å². The molecule has 0 aliphatic carbocycles. The van der Waals surface area contributed by atoms with E-state index >= 15 is 0 Å². The van der Waals surface area contributed by atoms with Gasteiger partial charge in [0.25, 0.3) is 0 Å². The summed E-state index contributed by atoms with van der Waals surface area (Å²) in [6.45, 7) is 0. The van der Waals surface area contributed by atoms with Gasteiger partial charge in [0.1, 0.15) is 0 Å². The molecule has 4 heteroatoms. The highest BCUT2D eigenvalue weighted by molar-refractivity contribution is 7.25. The molecule has 0 aliphatic heterocycles. The predicted octanol–water partition coefficient (Wildman–Crippen LogP) is 16.7. The van der Waals surface area contributed by atoms with Gasteiger partial charge in [0.15, 0.2) is 17.5 Å². The van der Waals surface area contributed by atoms with Crippen molar-refractivity contribution in [2.45, 2.75) is 0 Å². The fourth-order valence-corrected chi connectivity index (χ4v) is 10.2. The molecule has 304 valence electrons. The highest BCUT2D eigenvalue weighted by Gasteiger charge is 2.17. The van der Waals surface area contributed by atoms with Gasteiger partial charge < -0.3 is 0 Å². The summed E-state index contributed by atoms with van der Waals surface area (Å²) >= 11 is 1.86. The number of hydrogen-bond acceptors (Lipinski definition) is 4. The van der Waals surface area contributed by atoms with Gasteiger partial charge in [0, 0.05) is 36.9 Å². The van der Waals surface area contributed by atoms with E-state index in [4.69, 9.17) is 15.0 Å². The average molecular weight is 846 g/mol. The van der Waals surface area contributed by atoms with Gasteiger partial charge in [0.2, 0.25) is 0 Å². The fourth-order valence-electron chi connectivity index (χ4n) is 9.12. The van der Waals surface area contributed by atoms with Crippen LogP contribution < -0.4 is 0 Å². The van der Waals surface area contributed by atoms with E-state index in [1.165, 1.54) is 58.8 Å². The Morgan fingerprint density at radius 1 is 0.215 bits per heavy atom. The maximum absolute atomic E-state index is 5.19. The van der Waals surface area contributed by atoms with E-state index in [9.17, 15) is 0 Å². The Hall–Kier alpha value is -8.31. The van der Waals surface area contributed by atoms with Crippen molar-refractivity contribution in [3.05, 3.63) is 237 Å². The quantitative estimate of drug-likeness (QED) is 0.153. The van der Waals surface area contributed by atoms with Crippen LogP contribution in [0.3, 0.4) is 0 Å². The zero-order valence-corrected chi connectivity index (χ0v) is 36.1. The predicted molar refractivity (Wildman–Crippen MR) is 274 cm³/mol. The van der Waals surface area contributed by atoms with E-state index in [2.05, 4.69) is 218 Å². The highest BCUT2D eigenvalue weighted by Crippen LogP contribution is 2.40.